The second-order valence-corrected chi connectivity index (χ2v) is 8.16. The van der Waals surface area contributed by atoms with Crippen LogP contribution in [0.3, 0.4) is 0 Å². The van der Waals surface area contributed by atoms with Gasteiger partial charge in [-0.05, 0) is 47.9 Å². The lowest BCUT2D eigenvalue weighted by molar-refractivity contribution is -0.133. The molecule has 0 unspecified atom stereocenters. The van der Waals surface area contributed by atoms with Gasteiger partial charge in [-0.1, -0.05) is 42.5 Å². The number of hydrogen-bond acceptors (Lipinski definition) is 5. The molecule has 3 aromatic rings. The van der Waals surface area contributed by atoms with Gasteiger partial charge in [-0.2, -0.15) is 0 Å². The molecule has 0 aliphatic carbocycles. The number of aryl methyl sites for hydroxylation is 1. The number of hydrogen-bond donors (Lipinski definition) is 0. The molecule has 0 fully saturated rings. The second kappa shape index (κ2) is 8.86. The Morgan fingerprint density at radius 2 is 1.64 bits per heavy atom. The van der Waals surface area contributed by atoms with Gasteiger partial charge in [0.2, 0.25) is 12.7 Å². The fourth-order valence-corrected chi connectivity index (χ4v) is 4.02. The van der Waals surface area contributed by atoms with Crippen LogP contribution < -0.4 is 19.1 Å². The summed E-state index contributed by atoms with van der Waals surface area (Å²) in [7, 11) is 0. The Morgan fingerprint density at radius 1 is 0.879 bits per heavy atom. The lowest BCUT2D eigenvalue weighted by atomic mass is 10.1. The zero-order chi connectivity index (χ0) is 22.8. The molecule has 0 saturated heterocycles. The van der Waals surface area contributed by atoms with Crippen molar-refractivity contribution >= 4 is 17.5 Å². The lowest BCUT2D eigenvalue weighted by Gasteiger charge is -2.31. The number of carbonyl (C=O) groups excluding carboxylic acids is 2. The molecule has 2 aliphatic rings. The molecule has 0 spiro atoms. The number of carbonyl (C=O) groups is 2. The van der Waals surface area contributed by atoms with Crippen LogP contribution in [0.4, 0.5) is 5.69 Å². The molecular weight excluding hydrogens is 420 g/mol. The first kappa shape index (κ1) is 20.9. The number of anilines is 1. The van der Waals surface area contributed by atoms with Gasteiger partial charge in [0.25, 0.3) is 5.91 Å². The maximum absolute atomic E-state index is 13.5. The number of benzene rings is 3. The molecule has 0 bridgehead atoms. The van der Waals surface area contributed by atoms with Crippen LogP contribution in [0.1, 0.15) is 16.7 Å². The molecule has 33 heavy (non-hydrogen) atoms. The average molecular weight is 444 g/mol. The van der Waals surface area contributed by atoms with Crippen molar-refractivity contribution in [2.45, 2.75) is 20.0 Å². The predicted molar refractivity (Wildman–Crippen MR) is 122 cm³/mol. The highest BCUT2D eigenvalue weighted by atomic mass is 16.7. The van der Waals surface area contributed by atoms with Gasteiger partial charge in [-0.25, -0.2) is 0 Å². The Hall–Kier alpha value is -4.00. The van der Waals surface area contributed by atoms with Crippen LogP contribution in [0.15, 0.2) is 66.7 Å². The predicted octanol–water partition coefficient (Wildman–Crippen LogP) is 3.68. The maximum Gasteiger partial charge on any atom is 0.265 e. The third-order valence-electron chi connectivity index (χ3n) is 5.73. The molecule has 0 aromatic heterocycles. The van der Waals surface area contributed by atoms with Crippen molar-refractivity contribution < 1.29 is 23.8 Å². The number of rotatable bonds is 6. The summed E-state index contributed by atoms with van der Waals surface area (Å²) in [5.74, 6) is 1.60. The normalized spacial score (nSPS) is 14.0. The van der Waals surface area contributed by atoms with E-state index in [4.69, 9.17) is 14.2 Å². The van der Waals surface area contributed by atoms with E-state index < -0.39 is 0 Å². The summed E-state index contributed by atoms with van der Waals surface area (Å²) in [5.41, 5.74) is 3.55. The van der Waals surface area contributed by atoms with E-state index in [9.17, 15) is 9.59 Å². The molecule has 2 heterocycles. The molecule has 0 saturated carbocycles. The number of ether oxygens (including phenoxy) is 3. The SMILES string of the molecule is Cc1ccc2c(c1)N(CC(=O)N(Cc1ccccc1)Cc1ccc3c(c1)OCO3)C(=O)CO2. The van der Waals surface area contributed by atoms with Crippen LogP contribution >= 0.6 is 0 Å². The number of fused-ring (bicyclic) bond motifs is 2. The van der Waals surface area contributed by atoms with Crippen molar-refractivity contribution in [1.29, 1.82) is 0 Å². The topological polar surface area (TPSA) is 68.3 Å². The van der Waals surface area contributed by atoms with Gasteiger partial charge in [0.15, 0.2) is 18.1 Å². The van der Waals surface area contributed by atoms with E-state index in [0.29, 0.717) is 36.0 Å². The monoisotopic (exact) mass is 444 g/mol. The maximum atomic E-state index is 13.5. The van der Waals surface area contributed by atoms with Crippen LogP contribution in [0, 0.1) is 6.92 Å². The molecule has 168 valence electrons. The van der Waals surface area contributed by atoms with Crippen molar-refractivity contribution in [3.63, 3.8) is 0 Å². The minimum Gasteiger partial charge on any atom is -0.482 e. The molecule has 0 atom stereocenters. The smallest absolute Gasteiger partial charge is 0.265 e. The Labute approximate surface area is 192 Å². The third kappa shape index (κ3) is 4.48. The van der Waals surface area contributed by atoms with E-state index in [-0.39, 0.29) is 31.8 Å². The fraction of sp³-hybridized carbons (Fsp3) is 0.231. The Balaban J connectivity index is 1.41. The summed E-state index contributed by atoms with van der Waals surface area (Å²) in [6.07, 6.45) is 0. The summed E-state index contributed by atoms with van der Waals surface area (Å²) in [6, 6.07) is 21.1. The van der Waals surface area contributed by atoms with E-state index in [1.807, 2.05) is 73.7 Å². The Morgan fingerprint density at radius 3 is 2.48 bits per heavy atom. The van der Waals surface area contributed by atoms with Crippen molar-refractivity contribution in [3.8, 4) is 17.2 Å². The molecule has 7 nitrogen and oxygen atoms in total. The largest absolute Gasteiger partial charge is 0.482 e. The Kier molecular flexibility index (Phi) is 5.60. The van der Waals surface area contributed by atoms with E-state index in [0.717, 1.165) is 16.7 Å². The van der Waals surface area contributed by atoms with Gasteiger partial charge in [0.05, 0.1) is 5.69 Å². The second-order valence-electron chi connectivity index (χ2n) is 8.16. The van der Waals surface area contributed by atoms with E-state index in [1.165, 1.54) is 4.90 Å². The minimum atomic E-state index is -0.232. The van der Waals surface area contributed by atoms with E-state index >= 15 is 0 Å². The molecule has 2 amide bonds. The Bertz CT molecular complexity index is 1190. The van der Waals surface area contributed by atoms with Crippen LogP contribution in [0.2, 0.25) is 0 Å². The van der Waals surface area contributed by atoms with Gasteiger partial charge >= 0.3 is 0 Å². The van der Waals surface area contributed by atoms with Gasteiger partial charge in [-0.3, -0.25) is 14.5 Å². The van der Waals surface area contributed by atoms with Gasteiger partial charge in [-0.15, -0.1) is 0 Å². The minimum absolute atomic E-state index is 0.0595. The molecule has 0 N–H and O–H groups in total. The fourth-order valence-electron chi connectivity index (χ4n) is 4.02. The third-order valence-corrected chi connectivity index (χ3v) is 5.73. The van der Waals surface area contributed by atoms with Crippen LogP contribution in [-0.2, 0) is 22.7 Å². The van der Waals surface area contributed by atoms with Crippen molar-refractivity contribution in [2.75, 3.05) is 24.8 Å². The summed E-state index contributed by atoms with van der Waals surface area (Å²) in [5, 5.41) is 0. The highest BCUT2D eigenvalue weighted by Gasteiger charge is 2.29. The van der Waals surface area contributed by atoms with Crippen molar-refractivity contribution in [3.05, 3.63) is 83.4 Å². The number of nitrogens with zero attached hydrogens (tertiary/aromatic N) is 2. The zero-order valence-electron chi connectivity index (χ0n) is 18.3. The summed E-state index contributed by atoms with van der Waals surface area (Å²) < 4.78 is 16.4. The first-order chi connectivity index (χ1) is 16.1. The highest BCUT2D eigenvalue weighted by molar-refractivity contribution is 6.02. The first-order valence-electron chi connectivity index (χ1n) is 10.8. The summed E-state index contributed by atoms with van der Waals surface area (Å²) >= 11 is 0. The van der Waals surface area contributed by atoms with E-state index in [2.05, 4.69) is 0 Å². The van der Waals surface area contributed by atoms with E-state index in [1.54, 1.807) is 4.90 Å². The zero-order valence-corrected chi connectivity index (χ0v) is 18.3. The number of amides is 2. The van der Waals surface area contributed by atoms with Gasteiger partial charge in [0.1, 0.15) is 12.3 Å². The van der Waals surface area contributed by atoms with Crippen LogP contribution in [-0.4, -0.2) is 36.7 Å². The van der Waals surface area contributed by atoms with Gasteiger partial charge < -0.3 is 19.1 Å². The van der Waals surface area contributed by atoms with Crippen LogP contribution in [0.25, 0.3) is 0 Å². The summed E-state index contributed by atoms with van der Waals surface area (Å²) in [4.78, 5) is 29.5. The van der Waals surface area contributed by atoms with Crippen molar-refractivity contribution in [2.24, 2.45) is 0 Å². The molecule has 0 radical (unpaired) electrons. The quantitative estimate of drug-likeness (QED) is 0.580. The molecule has 3 aromatic carbocycles. The van der Waals surface area contributed by atoms with Gasteiger partial charge in [0, 0.05) is 13.1 Å². The average Bonchev–Trinajstić information content (AvgIpc) is 3.29. The first-order valence-corrected chi connectivity index (χ1v) is 10.8. The van der Waals surface area contributed by atoms with Crippen molar-refractivity contribution in [1.82, 2.24) is 4.90 Å². The molecular formula is C26H24N2O5. The molecule has 5 rings (SSSR count). The standard InChI is InChI=1S/C26H24N2O5/c1-18-7-9-22-21(11-18)28(26(30)16-31-22)15-25(29)27(13-19-5-3-2-4-6-19)14-20-8-10-23-24(12-20)33-17-32-23/h2-12H,13-17H2,1H3. The molecule has 2 aliphatic heterocycles. The molecule has 7 heteroatoms. The summed E-state index contributed by atoms with van der Waals surface area (Å²) in [6.45, 7) is 2.81. The highest BCUT2D eigenvalue weighted by Crippen LogP contribution is 2.34. The van der Waals surface area contributed by atoms with Crippen LogP contribution in [0.5, 0.6) is 17.2 Å². The lowest BCUT2D eigenvalue weighted by Crippen LogP contribution is -2.46.